The molecular formula is C21H29NO. The standard InChI is InChI=1S/C21H29NO/c1-20-10-8-16(23)12-14(20)4-6-17-18-7-5-15(13-22-3)21(18,2)11-9-19(17)20/h13-14,17-19H,4-12H2,1-2H3/b15-13-/t14-,17+,18+,19+,20+,21-/m1/s1. The molecule has 0 bridgehead atoms. The molecule has 2 nitrogen and oxygen atoms in total. The summed E-state index contributed by atoms with van der Waals surface area (Å²) in [6.07, 6.45) is 12.2. The molecule has 0 radical (unpaired) electrons. The summed E-state index contributed by atoms with van der Waals surface area (Å²) in [4.78, 5) is 15.5. The molecule has 23 heavy (non-hydrogen) atoms. The van der Waals surface area contributed by atoms with Crippen LogP contribution in [0.3, 0.4) is 0 Å². The van der Waals surface area contributed by atoms with Crippen molar-refractivity contribution in [2.24, 2.45) is 34.5 Å². The molecule has 4 fully saturated rings. The van der Waals surface area contributed by atoms with Crippen LogP contribution in [0, 0.1) is 41.1 Å². The van der Waals surface area contributed by atoms with E-state index >= 15 is 0 Å². The summed E-state index contributed by atoms with van der Waals surface area (Å²) in [7, 11) is 0. The Bertz CT molecular complexity index is 599. The monoisotopic (exact) mass is 311 g/mol. The van der Waals surface area contributed by atoms with E-state index in [1.54, 1.807) is 0 Å². The van der Waals surface area contributed by atoms with E-state index in [4.69, 9.17) is 6.57 Å². The maximum atomic E-state index is 11.9. The van der Waals surface area contributed by atoms with Crippen molar-refractivity contribution in [2.75, 3.05) is 0 Å². The Morgan fingerprint density at radius 3 is 2.70 bits per heavy atom. The largest absolute Gasteiger partial charge is 0.300 e. The first-order valence-electron chi connectivity index (χ1n) is 9.57. The SMILES string of the molecule is [C-]#[N+]/C=C1/CC[C@H]2[C@@H]3CC[C@@H]4CC(=O)CC[C@]4(C)[C@H]3CC[C@]12C. The molecular weight excluding hydrogens is 282 g/mol. The second-order valence-electron chi connectivity index (χ2n) is 9.18. The second kappa shape index (κ2) is 5.20. The van der Waals surface area contributed by atoms with Gasteiger partial charge in [0.15, 0.2) is 6.20 Å². The van der Waals surface area contributed by atoms with E-state index in [2.05, 4.69) is 18.7 Å². The lowest BCUT2D eigenvalue weighted by atomic mass is 9.45. The molecule has 6 atom stereocenters. The van der Waals surface area contributed by atoms with Crippen LogP contribution in [-0.4, -0.2) is 5.78 Å². The zero-order valence-electron chi connectivity index (χ0n) is 14.6. The number of carbonyl (C=O) groups excluding carboxylic acids is 1. The number of nitrogens with zero attached hydrogens (tertiary/aromatic N) is 1. The van der Waals surface area contributed by atoms with Crippen molar-refractivity contribution >= 4 is 5.78 Å². The highest BCUT2D eigenvalue weighted by atomic mass is 16.1. The Morgan fingerprint density at radius 1 is 1.09 bits per heavy atom. The molecule has 0 aliphatic heterocycles. The number of fused-ring (bicyclic) bond motifs is 5. The summed E-state index contributed by atoms with van der Waals surface area (Å²) in [6, 6.07) is 0. The highest BCUT2D eigenvalue weighted by Gasteiger charge is 2.58. The predicted octanol–water partition coefficient (Wildman–Crippen LogP) is 5.40. The van der Waals surface area contributed by atoms with E-state index in [1.165, 1.54) is 37.7 Å². The van der Waals surface area contributed by atoms with Crippen molar-refractivity contribution in [1.82, 2.24) is 0 Å². The predicted molar refractivity (Wildman–Crippen MR) is 91.4 cm³/mol. The van der Waals surface area contributed by atoms with Crippen LogP contribution in [0.2, 0.25) is 0 Å². The van der Waals surface area contributed by atoms with Gasteiger partial charge in [-0.2, -0.15) is 0 Å². The van der Waals surface area contributed by atoms with E-state index in [-0.39, 0.29) is 0 Å². The molecule has 0 N–H and O–H groups in total. The van der Waals surface area contributed by atoms with Crippen molar-refractivity contribution in [3.8, 4) is 0 Å². The van der Waals surface area contributed by atoms with Gasteiger partial charge in [-0.1, -0.05) is 19.4 Å². The van der Waals surface area contributed by atoms with Crippen LogP contribution in [0.5, 0.6) is 0 Å². The quantitative estimate of drug-likeness (QED) is 0.549. The zero-order chi connectivity index (χ0) is 16.2. The third-order valence-electron chi connectivity index (χ3n) is 8.55. The normalized spacial score (nSPS) is 50.8. The lowest BCUT2D eigenvalue weighted by Gasteiger charge is -2.59. The van der Waals surface area contributed by atoms with Crippen molar-refractivity contribution in [3.63, 3.8) is 0 Å². The number of Topliss-reactive ketones (excluding diaryl/α,β-unsaturated/α-hetero) is 1. The third-order valence-corrected chi connectivity index (χ3v) is 8.55. The van der Waals surface area contributed by atoms with Crippen molar-refractivity contribution < 1.29 is 4.79 Å². The average Bonchev–Trinajstić information content (AvgIpc) is 2.85. The molecule has 0 aromatic heterocycles. The summed E-state index contributed by atoms with van der Waals surface area (Å²) in [5, 5.41) is 0. The lowest BCUT2D eigenvalue weighted by molar-refractivity contribution is -0.136. The Labute approximate surface area is 140 Å². The average molecular weight is 311 g/mol. The minimum absolute atomic E-state index is 0.291. The van der Waals surface area contributed by atoms with E-state index in [1.807, 2.05) is 6.20 Å². The third kappa shape index (κ3) is 2.08. The molecule has 4 aliphatic carbocycles. The summed E-state index contributed by atoms with van der Waals surface area (Å²) in [6.45, 7) is 12.2. The summed E-state index contributed by atoms with van der Waals surface area (Å²) >= 11 is 0. The Morgan fingerprint density at radius 2 is 1.91 bits per heavy atom. The molecule has 0 aromatic carbocycles. The molecule has 2 heteroatoms. The molecule has 124 valence electrons. The van der Waals surface area contributed by atoms with Gasteiger partial charge in [-0.3, -0.25) is 4.79 Å². The lowest BCUT2D eigenvalue weighted by Crippen LogP contribution is -2.52. The Kier molecular flexibility index (Phi) is 3.49. The van der Waals surface area contributed by atoms with Crippen LogP contribution >= 0.6 is 0 Å². The fourth-order valence-electron chi connectivity index (χ4n) is 7.18. The fourth-order valence-corrected chi connectivity index (χ4v) is 7.18. The maximum absolute atomic E-state index is 11.9. The van der Waals surface area contributed by atoms with Crippen LogP contribution in [0.1, 0.15) is 71.6 Å². The first-order valence-corrected chi connectivity index (χ1v) is 9.57. The van der Waals surface area contributed by atoms with Gasteiger partial charge in [0.05, 0.1) is 6.57 Å². The van der Waals surface area contributed by atoms with E-state index in [0.717, 1.165) is 43.4 Å². The van der Waals surface area contributed by atoms with Crippen LogP contribution in [0.4, 0.5) is 0 Å². The smallest absolute Gasteiger partial charge is 0.154 e. The molecule has 0 spiro atoms. The Balaban J connectivity index is 1.64. The van der Waals surface area contributed by atoms with Gasteiger partial charge < -0.3 is 0 Å². The number of allylic oxidation sites excluding steroid dienone is 1. The molecule has 0 amide bonds. The molecule has 4 saturated carbocycles. The maximum Gasteiger partial charge on any atom is 0.154 e. The number of rotatable bonds is 0. The summed E-state index contributed by atoms with van der Waals surface area (Å²) < 4.78 is 0. The summed E-state index contributed by atoms with van der Waals surface area (Å²) in [5.74, 6) is 3.59. The second-order valence-corrected chi connectivity index (χ2v) is 9.18. The number of ketones is 1. The molecule has 0 saturated heterocycles. The van der Waals surface area contributed by atoms with Crippen molar-refractivity contribution in [2.45, 2.75) is 71.6 Å². The summed E-state index contributed by atoms with van der Waals surface area (Å²) in [5.41, 5.74) is 2.13. The van der Waals surface area contributed by atoms with Crippen molar-refractivity contribution in [1.29, 1.82) is 0 Å². The van der Waals surface area contributed by atoms with Crippen LogP contribution in [-0.2, 0) is 4.79 Å². The zero-order valence-corrected chi connectivity index (χ0v) is 14.6. The Hall–Kier alpha value is -1.10. The number of hydrogen-bond acceptors (Lipinski definition) is 1. The van der Waals surface area contributed by atoms with Gasteiger partial charge in [0.25, 0.3) is 0 Å². The van der Waals surface area contributed by atoms with Crippen molar-refractivity contribution in [3.05, 3.63) is 23.2 Å². The molecule has 0 heterocycles. The van der Waals surface area contributed by atoms with E-state index < -0.39 is 0 Å². The van der Waals surface area contributed by atoms with Crippen LogP contribution < -0.4 is 0 Å². The topological polar surface area (TPSA) is 21.4 Å². The molecule has 0 aromatic rings. The van der Waals surface area contributed by atoms with Gasteiger partial charge in [-0.25, -0.2) is 4.85 Å². The van der Waals surface area contributed by atoms with Gasteiger partial charge in [0, 0.05) is 12.8 Å². The van der Waals surface area contributed by atoms with E-state index in [0.29, 0.717) is 22.5 Å². The number of hydrogen-bond donors (Lipinski definition) is 0. The van der Waals surface area contributed by atoms with Gasteiger partial charge >= 0.3 is 0 Å². The highest BCUT2D eigenvalue weighted by molar-refractivity contribution is 5.79. The minimum Gasteiger partial charge on any atom is -0.300 e. The van der Waals surface area contributed by atoms with Gasteiger partial charge in [0.1, 0.15) is 5.78 Å². The van der Waals surface area contributed by atoms with Gasteiger partial charge in [0.2, 0.25) is 0 Å². The highest BCUT2D eigenvalue weighted by Crippen LogP contribution is 2.67. The number of carbonyl (C=O) groups is 1. The van der Waals surface area contributed by atoms with Gasteiger partial charge in [-0.05, 0) is 79.4 Å². The van der Waals surface area contributed by atoms with Gasteiger partial charge in [-0.15, -0.1) is 0 Å². The fraction of sp³-hybridized carbons (Fsp3) is 0.810. The van der Waals surface area contributed by atoms with Crippen LogP contribution in [0.25, 0.3) is 4.85 Å². The minimum atomic E-state index is 0.291. The first kappa shape index (κ1) is 15.4. The first-order chi connectivity index (χ1) is 11.0. The molecule has 0 unspecified atom stereocenters. The molecule has 4 rings (SSSR count). The van der Waals surface area contributed by atoms with E-state index in [9.17, 15) is 4.79 Å². The van der Waals surface area contributed by atoms with Crippen LogP contribution in [0.15, 0.2) is 11.8 Å². The molecule has 4 aliphatic rings.